The van der Waals surface area contributed by atoms with Crippen LogP contribution >= 0.6 is 11.6 Å². The van der Waals surface area contributed by atoms with Crippen LogP contribution in [0.5, 0.6) is 0 Å². The van der Waals surface area contributed by atoms with Crippen LogP contribution in [0.4, 0.5) is 15.9 Å². The molecule has 2 N–H and O–H groups in total. The van der Waals surface area contributed by atoms with E-state index in [0.29, 0.717) is 35.1 Å². The van der Waals surface area contributed by atoms with Gasteiger partial charge in [0.1, 0.15) is 23.7 Å². The van der Waals surface area contributed by atoms with Gasteiger partial charge in [-0.25, -0.2) is 14.4 Å². The van der Waals surface area contributed by atoms with E-state index in [1.807, 2.05) is 12.1 Å². The Morgan fingerprint density at radius 2 is 1.85 bits per heavy atom. The van der Waals surface area contributed by atoms with E-state index in [2.05, 4.69) is 20.6 Å². The third kappa shape index (κ3) is 4.55. The van der Waals surface area contributed by atoms with Crippen molar-refractivity contribution < 1.29 is 9.18 Å². The van der Waals surface area contributed by atoms with Gasteiger partial charge in [0, 0.05) is 12.6 Å². The fourth-order valence-electron chi connectivity index (χ4n) is 2.35. The van der Waals surface area contributed by atoms with Crippen molar-refractivity contribution in [1.29, 1.82) is 0 Å². The van der Waals surface area contributed by atoms with Crippen LogP contribution in [-0.4, -0.2) is 22.4 Å². The predicted molar refractivity (Wildman–Crippen MR) is 99.2 cm³/mol. The molecule has 0 aliphatic carbocycles. The van der Waals surface area contributed by atoms with Crippen molar-refractivity contribution in [3.8, 4) is 0 Å². The standard InChI is InChI=1S/C19H16ClFN4O/c20-14-6-2-4-8-16(14)25-18-11-17(23-12-24-18)19(26)22-10-9-13-5-1-3-7-15(13)21/h1-8,11-12H,9-10H2,(H,22,26)(H,23,24,25). The smallest absolute Gasteiger partial charge is 0.270 e. The van der Waals surface area contributed by atoms with Gasteiger partial charge in [0.2, 0.25) is 0 Å². The van der Waals surface area contributed by atoms with E-state index in [-0.39, 0.29) is 17.4 Å². The van der Waals surface area contributed by atoms with Crippen LogP contribution in [0, 0.1) is 5.82 Å². The number of carbonyl (C=O) groups excluding carboxylic acids is 1. The summed E-state index contributed by atoms with van der Waals surface area (Å²) in [6.45, 7) is 0.303. The summed E-state index contributed by atoms with van der Waals surface area (Å²) >= 11 is 6.10. The molecule has 132 valence electrons. The number of para-hydroxylation sites is 1. The van der Waals surface area contributed by atoms with Crippen molar-refractivity contribution >= 4 is 29.0 Å². The molecule has 3 aromatic rings. The number of rotatable bonds is 6. The van der Waals surface area contributed by atoms with Gasteiger partial charge >= 0.3 is 0 Å². The maximum atomic E-state index is 13.6. The minimum absolute atomic E-state index is 0.211. The monoisotopic (exact) mass is 370 g/mol. The zero-order valence-electron chi connectivity index (χ0n) is 13.7. The summed E-state index contributed by atoms with van der Waals surface area (Å²) in [5.74, 6) is -0.187. The lowest BCUT2D eigenvalue weighted by molar-refractivity contribution is 0.0949. The first kappa shape index (κ1) is 17.8. The minimum Gasteiger partial charge on any atom is -0.350 e. The molecule has 0 saturated heterocycles. The lowest BCUT2D eigenvalue weighted by atomic mass is 10.1. The molecule has 0 aliphatic heterocycles. The molecule has 0 bridgehead atoms. The maximum Gasteiger partial charge on any atom is 0.270 e. The second-order valence-electron chi connectivity index (χ2n) is 5.49. The first-order chi connectivity index (χ1) is 12.6. The molecule has 0 saturated carbocycles. The van der Waals surface area contributed by atoms with Crippen LogP contribution in [0.25, 0.3) is 0 Å². The quantitative estimate of drug-likeness (QED) is 0.688. The normalized spacial score (nSPS) is 10.4. The van der Waals surface area contributed by atoms with Gasteiger partial charge in [0.25, 0.3) is 5.91 Å². The second-order valence-corrected chi connectivity index (χ2v) is 5.90. The Morgan fingerprint density at radius 1 is 1.08 bits per heavy atom. The predicted octanol–water partition coefficient (Wildman–Crippen LogP) is 3.99. The van der Waals surface area contributed by atoms with Crippen LogP contribution in [0.1, 0.15) is 16.1 Å². The zero-order valence-corrected chi connectivity index (χ0v) is 14.5. The molecule has 7 heteroatoms. The third-order valence-corrected chi connectivity index (χ3v) is 4.00. The Balaban J connectivity index is 1.61. The van der Waals surface area contributed by atoms with Gasteiger partial charge < -0.3 is 10.6 Å². The topological polar surface area (TPSA) is 66.9 Å². The van der Waals surface area contributed by atoms with E-state index in [1.54, 1.807) is 30.3 Å². The van der Waals surface area contributed by atoms with E-state index in [0.717, 1.165) is 0 Å². The van der Waals surface area contributed by atoms with E-state index in [1.165, 1.54) is 18.5 Å². The van der Waals surface area contributed by atoms with Gasteiger partial charge in [-0.2, -0.15) is 0 Å². The summed E-state index contributed by atoms with van der Waals surface area (Å²) in [4.78, 5) is 20.3. The second kappa shape index (κ2) is 8.40. The van der Waals surface area contributed by atoms with Crippen molar-refractivity contribution in [3.63, 3.8) is 0 Å². The molecule has 26 heavy (non-hydrogen) atoms. The van der Waals surface area contributed by atoms with Gasteiger partial charge in [-0.05, 0) is 30.2 Å². The van der Waals surface area contributed by atoms with E-state index in [9.17, 15) is 9.18 Å². The molecule has 0 aliphatic rings. The summed E-state index contributed by atoms with van der Waals surface area (Å²) in [7, 11) is 0. The molecule has 1 aromatic heterocycles. The number of hydrogen-bond donors (Lipinski definition) is 2. The molecular weight excluding hydrogens is 355 g/mol. The number of anilines is 2. The molecule has 1 heterocycles. The molecule has 0 radical (unpaired) electrons. The van der Waals surface area contributed by atoms with Crippen LogP contribution in [0.2, 0.25) is 5.02 Å². The van der Waals surface area contributed by atoms with Crippen LogP contribution in [-0.2, 0) is 6.42 Å². The summed E-state index contributed by atoms with van der Waals surface area (Å²) in [6, 6.07) is 15.2. The Kier molecular flexibility index (Phi) is 5.76. The largest absolute Gasteiger partial charge is 0.350 e. The molecule has 0 spiro atoms. The van der Waals surface area contributed by atoms with Crippen molar-refractivity contribution in [2.45, 2.75) is 6.42 Å². The van der Waals surface area contributed by atoms with E-state index >= 15 is 0 Å². The van der Waals surface area contributed by atoms with E-state index < -0.39 is 0 Å². The van der Waals surface area contributed by atoms with Crippen LogP contribution in [0.3, 0.4) is 0 Å². The average molecular weight is 371 g/mol. The van der Waals surface area contributed by atoms with Gasteiger partial charge in [0.05, 0.1) is 10.7 Å². The van der Waals surface area contributed by atoms with Gasteiger partial charge in [0.15, 0.2) is 0 Å². The highest BCUT2D eigenvalue weighted by atomic mass is 35.5. The number of amides is 1. The summed E-state index contributed by atoms with van der Waals surface area (Å²) < 4.78 is 13.6. The number of aromatic nitrogens is 2. The summed E-state index contributed by atoms with van der Waals surface area (Å²) in [6.07, 6.45) is 1.69. The van der Waals surface area contributed by atoms with Crippen molar-refractivity contribution in [3.05, 3.63) is 83.0 Å². The Labute approximate surface area is 155 Å². The number of nitrogens with zero attached hydrogens (tertiary/aromatic N) is 2. The van der Waals surface area contributed by atoms with Crippen molar-refractivity contribution in [1.82, 2.24) is 15.3 Å². The van der Waals surface area contributed by atoms with Crippen LogP contribution < -0.4 is 10.6 Å². The molecule has 3 rings (SSSR count). The van der Waals surface area contributed by atoms with Crippen molar-refractivity contribution in [2.24, 2.45) is 0 Å². The number of carbonyl (C=O) groups is 1. The Bertz CT molecular complexity index is 919. The zero-order chi connectivity index (χ0) is 18.4. The fraction of sp³-hybridized carbons (Fsp3) is 0.105. The van der Waals surface area contributed by atoms with Gasteiger partial charge in [-0.1, -0.05) is 41.9 Å². The molecule has 1 amide bonds. The average Bonchev–Trinajstić information content (AvgIpc) is 2.65. The highest BCUT2D eigenvalue weighted by Gasteiger charge is 2.10. The molecule has 2 aromatic carbocycles. The highest BCUT2D eigenvalue weighted by Crippen LogP contribution is 2.23. The first-order valence-corrected chi connectivity index (χ1v) is 8.36. The molecule has 0 unspecified atom stereocenters. The molecular formula is C19H16ClFN4O. The first-order valence-electron chi connectivity index (χ1n) is 7.98. The van der Waals surface area contributed by atoms with E-state index in [4.69, 9.17) is 11.6 Å². The maximum absolute atomic E-state index is 13.6. The van der Waals surface area contributed by atoms with Crippen LogP contribution in [0.15, 0.2) is 60.9 Å². The Hall–Kier alpha value is -2.99. The third-order valence-electron chi connectivity index (χ3n) is 3.67. The minimum atomic E-state index is -0.356. The lowest BCUT2D eigenvalue weighted by Gasteiger charge is -2.09. The SMILES string of the molecule is O=C(NCCc1ccccc1F)c1cc(Nc2ccccc2Cl)ncn1. The molecule has 5 nitrogen and oxygen atoms in total. The Morgan fingerprint density at radius 3 is 2.65 bits per heavy atom. The number of hydrogen-bond acceptors (Lipinski definition) is 4. The highest BCUT2D eigenvalue weighted by molar-refractivity contribution is 6.33. The van der Waals surface area contributed by atoms with Crippen molar-refractivity contribution in [2.75, 3.05) is 11.9 Å². The summed E-state index contributed by atoms with van der Waals surface area (Å²) in [5.41, 5.74) is 1.44. The molecule has 0 atom stereocenters. The number of benzene rings is 2. The number of nitrogens with one attached hydrogen (secondary N) is 2. The fourth-order valence-corrected chi connectivity index (χ4v) is 2.54. The number of halogens is 2. The van der Waals surface area contributed by atoms with Gasteiger partial charge in [-0.3, -0.25) is 4.79 Å². The molecule has 0 fully saturated rings. The van der Waals surface area contributed by atoms with Gasteiger partial charge in [-0.15, -0.1) is 0 Å². The lowest BCUT2D eigenvalue weighted by Crippen LogP contribution is -2.26. The summed E-state index contributed by atoms with van der Waals surface area (Å²) in [5, 5.41) is 6.32.